The fourth-order valence-electron chi connectivity index (χ4n) is 5.16. The first-order valence-corrected chi connectivity index (χ1v) is 13.2. The van der Waals surface area contributed by atoms with Crippen LogP contribution in [0.25, 0.3) is 11.0 Å². The highest BCUT2D eigenvalue weighted by Crippen LogP contribution is 2.48. The van der Waals surface area contributed by atoms with Crippen molar-refractivity contribution in [2.75, 3.05) is 28.6 Å². The van der Waals surface area contributed by atoms with Gasteiger partial charge in [0.2, 0.25) is 11.9 Å². The third-order valence-corrected chi connectivity index (χ3v) is 7.96. The monoisotopic (exact) mass is 524 g/mol. The number of carbonyl (C=O) groups is 1. The van der Waals surface area contributed by atoms with Gasteiger partial charge < -0.3 is 20.1 Å². The van der Waals surface area contributed by atoms with Crippen LogP contribution in [0.2, 0.25) is 10.0 Å². The predicted molar refractivity (Wildman–Crippen MR) is 146 cm³/mol. The Bertz CT molecular complexity index is 1350. The molecule has 0 unspecified atom stereocenters. The lowest BCUT2D eigenvalue weighted by Crippen LogP contribution is -2.35. The summed E-state index contributed by atoms with van der Waals surface area (Å²) in [4.78, 5) is 19.1. The molecule has 9 heteroatoms. The van der Waals surface area contributed by atoms with Crippen LogP contribution in [0.5, 0.6) is 0 Å². The summed E-state index contributed by atoms with van der Waals surface area (Å²) in [5.41, 5.74) is 3.99. The molecule has 2 fully saturated rings. The Morgan fingerprint density at radius 2 is 1.86 bits per heavy atom. The largest absolute Gasteiger partial charge is 0.371 e. The molecule has 1 saturated heterocycles. The fourth-order valence-corrected chi connectivity index (χ4v) is 5.55. The van der Waals surface area contributed by atoms with Crippen LogP contribution in [-0.2, 0) is 10.2 Å². The van der Waals surface area contributed by atoms with Crippen molar-refractivity contribution >= 4 is 57.5 Å². The number of rotatable bonds is 6. The Labute approximate surface area is 221 Å². The number of anilines is 3. The quantitative estimate of drug-likeness (QED) is 0.383. The maximum absolute atomic E-state index is 11.9. The lowest BCUT2D eigenvalue weighted by molar-refractivity contribution is -0.114. The molecule has 2 aromatic carbocycles. The van der Waals surface area contributed by atoms with E-state index in [1.807, 2.05) is 6.07 Å². The molecular formula is C27H30Cl2N6O. The van der Waals surface area contributed by atoms with Crippen molar-refractivity contribution in [3.05, 3.63) is 45.9 Å². The molecule has 7 nitrogen and oxygen atoms in total. The highest BCUT2D eigenvalue weighted by atomic mass is 35.5. The van der Waals surface area contributed by atoms with Gasteiger partial charge in [0, 0.05) is 37.8 Å². The molecule has 1 aliphatic heterocycles. The Kier molecular flexibility index (Phi) is 6.52. The maximum atomic E-state index is 11.9. The van der Waals surface area contributed by atoms with Crippen LogP contribution >= 0.6 is 23.2 Å². The molecule has 2 heterocycles. The van der Waals surface area contributed by atoms with Crippen molar-refractivity contribution in [3.63, 3.8) is 0 Å². The van der Waals surface area contributed by atoms with Gasteiger partial charge in [0.15, 0.2) is 0 Å². The summed E-state index contributed by atoms with van der Waals surface area (Å²) in [6.45, 7) is 7.38. The summed E-state index contributed by atoms with van der Waals surface area (Å²) in [5.74, 6) is 0.522. The number of hydrogen-bond donors (Lipinski definition) is 2. The van der Waals surface area contributed by atoms with E-state index in [1.165, 1.54) is 12.6 Å². The van der Waals surface area contributed by atoms with E-state index in [0.717, 1.165) is 55.8 Å². The number of hydrogen-bond acceptors (Lipinski definition) is 5. The molecule has 0 spiro atoms. The van der Waals surface area contributed by atoms with E-state index in [2.05, 4.69) is 64.3 Å². The highest BCUT2D eigenvalue weighted by molar-refractivity contribution is 6.45. The zero-order chi connectivity index (χ0) is 25.6. The molecule has 36 heavy (non-hydrogen) atoms. The maximum Gasteiger partial charge on any atom is 0.221 e. The number of nitrogens with zero attached hydrogens (tertiary/aromatic N) is 4. The van der Waals surface area contributed by atoms with E-state index in [0.29, 0.717) is 21.2 Å². The van der Waals surface area contributed by atoms with Crippen molar-refractivity contribution < 1.29 is 4.79 Å². The molecule has 2 N–H and O–H groups in total. The van der Waals surface area contributed by atoms with Crippen molar-refractivity contribution in [2.45, 2.75) is 64.0 Å². The number of fused-ring (bicyclic) bond motifs is 1. The van der Waals surface area contributed by atoms with Gasteiger partial charge in [-0.3, -0.25) is 4.79 Å². The first-order chi connectivity index (χ1) is 17.2. The van der Waals surface area contributed by atoms with Crippen LogP contribution in [0.3, 0.4) is 0 Å². The summed E-state index contributed by atoms with van der Waals surface area (Å²) in [6, 6.07) is 13.2. The highest BCUT2D eigenvalue weighted by Gasteiger charge is 2.44. The lowest BCUT2D eigenvalue weighted by Gasteiger charge is -2.35. The van der Waals surface area contributed by atoms with E-state index in [-0.39, 0.29) is 23.4 Å². The van der Waals surface area contributed by atoms with Gasteiger partial charge in [-0.15, -0.1) is 0 Å². The summed E-state index contributed by atoms with van der Waals surface area (Å²) in [6.07, 6.45) is 3.77. The molecule has 0 radical (unpaired) electrons. The van der Waals surface area contributed by atoms with Gasteiger partial charge in [0.05, 0.1) is 32.7 Å². The number of halogens is 2. The number of piperidine rings is 1. The number of imidazole rings is 1. The standard InChI is InChI=1S/C27H30Cl2N6O/c1-16(2)31-26-33-24-22(14-21(28)23(29)25(24)32-17(3)36)35(26)20-8-12-34(13-9-20)19-6-4-18(5-7-19)27(15-30)10-11-27/h4-7,14,16,20H,8-13H2,1-3H3,(H,31,33)(H,32,36). The van der Waals surface area contributed by atoms with Crippen molar-refractivity contribution in [1.29, 1.82) is 5.26 Å². The summed E-state index contributed by atoms with van der Waals surface area (Å²) in [5, 5.41) is 16.4. The number of amides is 1. The van der Waals surface area contributed by atoms with Crippen molar-refractivity contribution in [3.8, 4) is 6.07 Å². The zero-order valence-corrected chi connectivity index (χ0v) is 22.2. The molecule has 0 atom stereocenters. The van der Waals surface area contributed by atoms with E-state index in [4.69, 9.17) is 28.2 Å². The SMILES string of the molecule is CC(=O)Nc1c(Cl)c(Cl)cc2c1nc(NC(C)C)n2C1CCN(c2ccc(C3(C#N)CC3)cc2)CC1. The molecule has 1 aliphatic carbocycles. The van der Waals surface area contributed by atoms with Gasteiger partial charge in [0.1, 0.15) is 5.52 Å². The fraction of sp³-hybridized carbons (Fsp3) is 0.444. The van der Waals surface area contributed by atoms with Crippen LogP contribution < -0.4 is 15.5 Å². The lowest BCUT2D eigenvalue weighted by atomic mass is 9.97. The Hall–Kier alpha value is -2.95. The Morgan fingerprint density at radius 3 is 2.42 bits per heavy atom. The molecule has 3 aromatic rings. The minimum absolute atomic E-state index is 0.178. The first-order valence-electron chi connectivity index (χ1n) is 12.4. The van der Waals surface area contributed by atoms with E-state index < -0.39 is 0 Å². The van der Waals surface area contributed by atoms with E-state index >= 15 is 0 Å². The van der Waals surface area contributed by atoms with E-state index in [9.17, 15) is 10.1 Å². The van der Waals surface area contributed by atoms with Gasteiger partial charge in [-0.2, -0.15) is 5.26 Å². The number of aromatic nitrogens is 2. The second-order valence-corrected chi connectivity index (χ2v) is 10.9. The van der Waals surface area contributed by atoms with Crippen LogP contribution in [0, 0.1) is 11.3 Å². The number of nitriles is 1. The van der Waals surface area contributed by atoms with Gasteiger partial charge >= 0.3 is 0 Å². The third kappa shape index (κ3) is 4.49. The number of carbonyl (C=O) groups excluding carboxylic acids is 1. The average Bonchev–Trinajstić information content (AvgIpc) is 3.58. The van der Waals surface area contributed by atoms with Gasteiger partial charge in [-0.25, -0.2) is 4.98 Å². The first kappa shape index (κ1) is 24.7. The molecule has 1 amide bonds. The summed E-state index contributed by atoms with van der Waals surface area (Å²) in [7, 11) is 0. The molecule has 2 aliphatic rings. The Morgan fingerprint density at radius 1 is 1.19 bits per heavy atom. The predicted octanol–water partition coefficient (Wildman–Crippen LogP) is 6.52. The van der Waals surface area contributed by atoms with Gasteiger partial charge in [0.25, 0.3) is 0 Å². The normalized spacial score (nSPS) is 17.3. The van der Waals surface area contributed by atoms with Crippen LogP contribution in [0.1, 0.15) is 58.1 Å². The van der Waals surface area contributed by atoms with Gasteiger partial charge in [-0.1, -0.05) is 35.3 Å². The van der Waals surface area contributed by atoms with Crippen LogP contribution in [0.15, 0.2) is 30.3 Å². The molecule has 1 saturated carbocycles. The number of nitrogens with one attached hydrogen (secondary N) is 2. The Balaban J connectivity index is 1.43. The smallest absolute Gasteiger partial charge is 0.221 e. The van der Waals surface area contributed by atoms with Crippen LogP contribution in [-0.4, -0.2) is 34.6 Å². The minimum atomic E-state index is -0.256. The van der Waals surface area contributed by atoms with E-state index in [1.54, 1.807) is 0 Å². The molecule has 0 bridgehead atoms. The number of benzene rings is 2. The average molecular weight is 525 g/mol. The molecule has 5 rings (SSSR count). The summed E-state index contributed by atoms with van der Waals surface area (Å²) >= 11 is 13.0. The molecule has 1 aromatic heterocycles. The van der Waals surface area contributed by atoms with Crippen molar-refractivity contribution in [2.24, 2.45) is 0 Å². The molecule has 188 valence electrons. The second kappa shape index (κ2) is 9.49. The topological polar surface area (TPSA) is 86.0 Å². The second-order valence-electron chi connectivity index (χ2n) is 10.2. The van der Waals surface area contributed by atoms with Crippen LogP contribution in [0.4, 0.5) is 17.3 Å². The summed E-state index contributed by atoms with van der Waals surface area (Å²) < 4.78 is 2.22. The minimum Gasteiger partial charge on any atom is -0.371 e. The molecular weight excluding hydrogens is 495 g/mol. The zero-order valence-electron chi connectivity index (χ0n) is 20.7. The third-order valence-electron chi connectivity index (χ3n) is 7.17. The van der Waals surface area contributed by atoms with Crippen molar-refractivity contribution in [1.82, 2.24) is 9.55 Å². The van der Waals surface area contributed by atoms with Gasteiger partial charge in [-0.05, 0) is 63.3 Å².